The Bertz CT molecular complexity index is 481. The van der Waals surface area contributed by atoms with Crippen LogP contribution in [0.15, 0.2) is 30.3 Å². The zero-order valence-electron chi connectivity index (χ0n) is 13.3. The number of hydrogen-bond donors (Lipinski definition) is 1. The standard InChI is InChI=1S/C19H27NO2/c21-19(22)13-18(16-9-5-2-6-10-16)20-12-11-17(14-20)15-7-3-1-4-8-15/h1,3-4,7-8,16-18H,2,5-6,9-14H2,(H,21,22)/t17-,18?/m1/s1. The van der Waals surface area contributed by atoms with E-state index in [9.17, 15) is 9.90 Å². The molecule has 2 fully saturated rings. The lowest BCUT2D eigenvalue weighted by molar-refractivity contribution is -0.139. The van der Waals surface area contributed by atoms with Crippen LogP contribution in [0.25, 0.3) is 0 Å². The van der Waals surface area contributed by atoms with Gasteiger partial charge in [-0.05, 0) is 43.2 Å². The van der Waals surface area contributed by atoms with Gasteiger partial charge in [0.2, 0.25) is 0 Å². The van der Waals surface area contributed by atoms with Crippen molar-refractivity contribution >= 4 is 5.97 Å². The molecule has 1 saturated carbocycles. The molecule has 1 aliphatic heterocycles. The average molecular weight is 301 g/mol. The van der Waals surface area contributed by atoms with E-state index < -0.39 is 5.97 Å². The lowest BCUT2D eigenvalue weighted by Crippen LogP contribution is -2.41. The van der Waals surface area contributed by atoms with Gasteiger partial charge in [0.05, 0.1) is 6.42 Å². The van der Waals surface area contributed by atoms with Crippen LogP contribution < -0.4 is 0 Å². The largest absolute Gasteiger partial charge is 0.481 e. The van der Waals surface area contributed by atoms with Gasteiger partial charge in [-0.1, -0.05) is 49.6 Å². The van der Waals surface area contributed by atoms with Crippen molar-refractivity contribution in [2.45, 2.75) is 56.9 Å². The maximum atomic E-state index is 11.3. The van der Waals surface area contributed by atoms with Gasteiger partial charge in [0, 0.05) is 12.6 Å². The maximum absolute atomic E-state index is 11.3. The Hall–Kier alpha value is -1.35. The van der Waals surface area contributed by atoms with Gasteiger partial charge in [0.25, 0.3) is 0 Å². The third kappa shape index (κ3) is 3.70. The lowest BCUT2D eigenvalue weighted by Gasteiger charge is -2.36. The number of carboxylic acid groups (broad SMARTS) is 1. The van der Waals surface area contributed by atoms with Crippen LogP contribution in [0.4, 0.5) is 0 Å². The summed E-state index contributed by atoms with van der Waals surface area (Å²) in [5.41, 5.74) is 1.41. The Labute approximate surface area is 133 Å². The van der Waals surface area contributed by atoms with E-state index in [1.165, 1.54) is 37.7 Å². The molecule has 3 heteroatoms. The molecule has 1 aliphatic carbocycles. The van der Waals surface area contributed by atoms with Gasteiger partial charge in [-0.25, -0.2) is 0 Å². The molecule has 0 aromatic heterocycles. The fourth-order valence-electron chi connectivity index (χ4n) is 4.38. The molecular weight excluding hydrogens is 274 g/mol. The van der Waals surface area contributed by atoms with E-state index in [0.29, 0.717) is 18.3 Å². The second-order valence-electron chi connectivity index (χ2n) is 6.95. The van der Waals surface area contributed by atoms with Crippen LogP contribution in [0.3, 0.4) is 0 Å². The van der Waals surface area contributed by atoms with Crippen LogP contribution in [-0.4, -0.2) is 35.1 Å². The lowest BCUT2D eigenvalue weighted by atomic mass is 9.82. The second-order valence-corrected chi connectivity index (χ2v) is 6.95. The number of carboxylic acids is 1. The summed E-state index contributed by atoms with van der Waals surface area (Å²) in [7, 11) is 0. The first-order chi connectivity index (χ1) is 10.7. The topological polar surface area (TPSA) is 40.5 Å². The molecule has 0 bridgehead atoms. The molecular formula is C19H27NO2. The van der Waals surface area contributed by atoms with E-state index in [4.69, 9.17) is 0 Å². The van der Waals surface area contributed by atoms with E-state index >= 15 is 0 Å². The predicted molar refractivity (Wildman–Crippen MR) is 88.0 cm³/mol. The van der Waals surface area contributed by atoms with Gasteiger partial charge in [-0.3, -0.25) is 9.69 Å². The quantitative estimate of drug-likeness (QED) is 0.896. The Morgan fingerprint density at radius 1 is 1.14 bits per heavy atom. The zero-order chi connectivity index (χ0) is 15.4. The fourth-order valence-corrected chi connectivity index (χ4v) is 4.38. The van der Waals surface area contributed by atoms with E-state index in [1.54, 1.807) is 0 Å². The minimum Gasteiger partial charge on any atom is -0.481 e. The average Bonchev–Trinajstić information content (AvgIpc) is 3.04. The number of nitrogens with zero attached hydrogens (tertiary/aromatic N) is 1. The van der Waals surface area contributed by atoms with Crippen molar-refractivity contribution in [1.82, 2.24) is 4.90 Å². The molecule has 2 atom stereocenters. The molecule has 1 N–H and O–H groups in total. The second kappa shape index (κ2) is 7.28. The maximum Gasteiger partial charge on any atom is 0.304 e. The van der Waals surface area contributed by atoms with Gasteiger partial charge < -0.3 is 5.11 Å². The molecule has 1 unspecified atom stereocenters. The highest BCUT2D eigenvalue weighted by molar-refractivity contribution is 5.67. The highest BCUT2D eigenvalue weighted by atomic mass is 16.4. The molecule has 0 radical (unpaired) electrons. The summed E-state index contributed by atoms with van der Waals surface area (Å²) in [5, 5.41) is 9.33. The molecule has 0 amide bonds. The highest BCUT2D eigenvalue weighted by Crippen LogP contribution is 2.35. The van der Waals surface area contributed by atoms with Crippen LogP contribution in [-0.2, 0) is 4.79 Å². The van der Waals surface area contributed by atoms with Gasteiger partial charge in [-0.15, -0.1) is 0 Å². The molecule has 3 rings (SSSR count). The van der Waals surface area contributed by atoms with Gasteiger partial charge in [0.15, 0.2) is 0 Å². The van der Waals surface area contributed by atoms with Crippen LogP contribution >= 0.6 is 0 Å². The minimum atomic E-state index is -0.640. The van der Waals surface area contributed by atoms with Crippen LogP contribution in [0.2, 0.25) is 0 Å². The fraction of sp³-hybridized carbons (Fsp3) is 0.632. The van der Waals surface area contributed by atoms with Crippen molar-refractivity contribution in [1.29, 1.82) is 0 Å². The number of rotatable bonds is 5. The van der Waals surface area contributed by atoms with Crippen LogP contribution in [0.1, 0.15) is 56.4 Å². The van der Waals surface area contributed by atoms with Crippen molar-refractivity contribution in [3.8, 4) is 0 Å². The Kier molecular flexibility index (Phi) is 5.14. The van der Waals surface area contributed by atoms with Crippen molar-refractivity contribution < 1.29 is 9.90 Å². The molecule has 0 spiro atoms. The minimum absolute atomic E-state index is 0.242. The van der Waals surface area contributed by atoms with E-state index in [2.05, 4.69) is 35.2 Å². The molecule has 1 aromatic carbocycles. The van der Waals surface area contributed by atoms with Gasteiger partial charge in [0.1, 0.15) is 0 Å². The van der Waals surface area contributed by atoms with Gasteiger partial charge >= 0.3 is 5.97 Å². The Morgan fingerprint density at radius 3 is 2.55 bits per heavy atom. The summed E-state index contributed by atoms with van der Waals surface area (Å²) in [6.07, 6.45) is 7.77. The Morgan fingerprint density at radius 2 is 1.86 bits per heavy atom. The van der Waals surface area contributed by atoms with Crippen molar-refractivity contribution in [2.24, 2.45) is 5.92 Å². The predicted octanol–water partition coefficient (Wildman–Crippen LogP) is 3.90. The molecule has 3 nitrogen and oxygen atoms in total. The summed E-state index contributed by atoms with van der Waals surface area (Å²) in [6, 6.07) is 10.9. The molecule has 120 valence electrons. The van der Waals surface area contributed by atoms with Crippen molar-refractivity contribution in [2.75, 3.05) is 13.1 Å². The molecule has 1 aromatic rings. The monoisotopic (exact) mass is 301 g/mol. The molecule has 1 saturated heterocycles. The number of aliphatic carboxylic acids is 1. The van der Waals surface area contributed by atoms with E-state index in [0.717, 1.165) is 19.5 Å². The zero-order valence-corrected chi connectivity index (χ0v) is 13.3. The first kappa shape index (κ1) is 15.5. The summed E-state index contributed by atoms with van der Waals surface area (Å²) < 4.78 is 0. The normalized spacial score (nSPS) is 25.2. The molecule has 2 aliphatic rings. The molecule has 22 heavy (non-hydrogen) atoms. The van der Waals surface area contributed by atoms with Crippen LogP contribution in [0, 0.1) is 5.92 Å². The van der Waals surface area contributed by atoms with E-state index in [1.807, 2.05) is 0 Å². The third-order valence-electron chi connectivity index (χ3n) is 5.54. The number of carbonyl (C=O) groups is 1. The van der Waals surface area contributed by atoms with Gasteiger partial charge in [-0.2, -0.15) is 0 Å². The molecule has 1 heterocycles. The number of likely N-dealkylation sites (tertiary alicyclic amines) is 1. The SMILES string of the molecule is O=C(O)CC(C1CCCCC1)N1CC[C@@H](c2ccccc2)C1. The first-order valence-electron chi connectivity index (χ1n) is 8.75. The number of benzene rings is 1. The van der Waals surface area contributed by atoms with Crippen molar-refractivity contribution in [3.05, 3.63) is 35.9 Å². The van der Waals surface area contributed by atoms with Crippen LogP contribution in [0.5, 0.6) is 0 Å². The Balaban J connectivity index is 1.68. The summed E-state index contributed by atoms with van der Waals surface area (Å²) in [5.74, 6) is 0.513. The smallest absolute Gasteiger partial charge is 0.304 e. The summed E-state index contributed by atoms with van der Waals surface area (Å²) in [6.45, 7) is 2.08. The summed E-state index contributed by atoms with van der Waals surface area (Å²) >= 11 is 0. The van der Waals surface area contributed by atoms with E-state index in [-0.39, 0.29) is 6.04 Å². The summed E-state index contributed by atoms with van der Waals surface area (Å²) in [4.78, 5) is 13.8. The first-order valence-corrected chi connectivity index (χ1v) is 8.75. The highest BCUT2D eigenvalue weighted by Gasteiger charge is 2.35. The number of hydrogen-bond acceptors (Lipinski definition) is 2. The third-order valence-corrected chi connectivity index (χ3v) is 5.54. The van der Waals surface area contributed by atoms with Crippen molar-refractivity contribution in [3.63, 3.8) is 0 Å².